The van der Waals surface area contributed by atoms with Gasteiger partial charge in [0.2, 0.25) is 0 Å². The molecular formula is C16H24N2. The van der Waals surface area contributed by atoms with Crippen molar-refractivity contribution >= 4 is 0 Å². The van der Waals surface area contributed by atoms with Gasteiger partial charge >= 0.3 is 0 Å². The Morgan fingerprint density at radius 1 is 1.22 bits per heavy atom. The first-order chi connectivity index (χ1) is 8.90. The van der Waals surface area contributed by atoms with Crippen LogP contribution < -0.4 is 5.32 Å². The summed E-state index contributed by atoms with van der Waals surface area (Å²) in [7, 11) is 2.07. The van der Waals surface area contributed by atoms with Gasteiger partial charge in [0.25, 0.3) is 0 Å². The standard InChI is InChI=1S/C16H24N2/c1-17-12-14-8-5-11-18(14)16-10-4-7-13-6-2-3-9-15(13)16/h2-3,6,9,14,16-17H,4-5,7-8,10-12H2,1H3. The number of likely N-dealkylation sites (tertiary alicyclic amines) is 1. The van der Waals surface area contributed by atoms with Crippen LogP contribution in [0.2, 0.25) is 0 Å². The molecule has 2 nitrogen and oxygen atoms in total. The summed E-state index contributed by atoms with van der Waals surface area (Å²) in [6.45, 7) is 2.42. The zero-order valence-corrected chi connectivity index (χ0v) is 11.4. The van der Waals surface area contributed by atoms with E-state index in [-0.39, 0.29) is 0 Å². The lowest BCUT2D eigenvalue weighted by Crippen LogP contribution is -2.40. The summed E-state index contributed by atoms with van der Waals surface area (Å²) in [5.74, 6) is 0. The second kappa shape index (κ2) is 5.41. The van der Waals surface area contributed by atoms with Crippen molar-refractivity contribution in [3.8, 4) is 0 Å². The van der Waals surface area contributed by atoms with Crippen molar-refractivity contribution in [3.05, 3.63) is 35.4 Å². The molecule has 98 valence electrons. The molecule has 18 heavy (non-hydrogen) atoms. The maximum Gasteiger partial charge on any atom is 0.0354 e. The average molecular weight is 244 g/mol. The van der Waals surface area contributed by atoms with Gasteiger partial charge in [-0.05, 0) is 56.8 Å². The van der Waals surface area contributed by atoms with Gasteiger partial charge < -0.3 is 5.32 Å². The van der Waals surface area contributed by atoms with Crippen molar-refractivity contribution < 1.29 is 0 Å². The van der Waals surface area contributed by atoms with Crippen LogP contribution in [0, 0.1) is 0 Å². The molecule has 2 atom stereocenters. The second-order valence-electron chi connectivity index (χ2n) is 5.70. The van der Waals surface area contributed by atoms with Crippen molar-refractivity contribution in [2.75, 3.05) is 20.1 Å². The van der Waals surface area contributed by atoms with Crippen molar-refractivity contribution in [2.45, 2.75) is 44.2 Å². The number of likely N-dealkylation sites (N-methyl/N-ethyl adjacent to an activating group) is 1. The van der Waals surface area contributed by atoms with Crippen LogP contribution in [-0.2, 0) is 6.42 Å². The predicted octanol–water partition coefficient (Wildman–Crippen LogP) is 2.75. The number of rotatable bonds is 3. The van der Waals surface area contributed by atoms with Crippen molar-refractivity contribution in [1.29, 1.82) is 0 Å². The van der Waals surface area contributed by atoms with Crippen LogP contribution in [0.1, 0.15) is 42.9 Å². The highest BCUT2D eigenvalue weighted by Gasteiger charge is 2.33. The fourth-order valence-electron chi connectivity index (χ4n) is 3.80. The minimum Gasteiger partial charge on any atom is -0.318 e. The van der Waals surface area contributed by atoms with E-state index in [0.29, 0.717) is 6.04 Å². The Morgan fingerprint density at radius 2 is 2.11 bits per heavy atom. The number of nitrogens with zero attached hydrogens (tertiary/aromatic N) is 1. The SMILES string of the molecule is CNCC1CCCN1C1CCCc2ccccc21. The van der Waals surface area contributed by atoms with Gasteiger partial charge in [-0.15, -0.1) is 0 Å². The van der Waals surface area contributed by atoms with Gasteiger partial charge in [-0.2, -0.15) is 0 Å². The third kappa shape index (κ3) is 2.19. The molecule has 0 aromatic heterocycles. The first kappa shape index (κ1) is 12.2. The van der Waals surface area contributed by atoms with E-state index in [1.54, 1.807) is 11.1 Å². The second-order valence-corrected chi connectivity index (χ2v) is 5.70. The summed E-state index contributed by atoms with van der Waals surface area (Å²) in [6, 6.07) is 10.5. The molecule has 1 aliphatic carbocycles. The van der Waals surface area contributed by atoms with E-state index in [0.717, 1.165) is 12.6 Å². The Kier molecular flexibility index (Phi) is 3.67. The molecule has 1 aromatic carbocycles. The lowest BCUT2D eigenvalue weighted by Gasteiger charge is -2.37. The highest BCUT2D eigenvalue weighted by molar-refractivity contribution is 5.32. The molecule has 0 bridgehead atoms. The van der Waals surface area contributed by atoms with Gasteiger partial charge in [0, 0.05) is 18.6 Å². The lowest BCUT2D eigenvalue weighted by atomic mass is 9.86. The van der Waals surface area contributed by atoms with Gasteiger partial charge in [-0.1, -0.05) is 24.3 Å². The molecule has 2 aliphatic rings. The molecule has 1 aliphatic heterocycles. The number of fused-ring (bicyclic) bond motifs is 1. The van der Waals surface area contributed by atoms with Crippen LogP contribution in [0.3, 0.4) is 0 Å². The zero-order chi connectivity index (χ0) is 12.4. The van der Waals surface area contributed by atoms with E-state index in [4.69, 9.17) is 0 Å². The molecule has 1 fully saturated rings. The van der Waals surface area contributed by atoms with Gasteiger partial charge in [0.05, 0.1) is 0 Å². The molecule has 1 aromatic rings. The van der Waals surface area contributed by atoms with Crippen molar-refractivity contribution in [1.82, 2.24) is 10.2 Å². The molecule has 1 N–H and O–H groups in total. The first-order valence-corrected chi connectivity index (χ1v) is 7.38. The van der Waals surface area contributed by atoms with Crippen LogP contribution in [-0.4, -0.2) is 31.1 Å². The van der Waals surface area contributed by atoms with Crippen LogP contribution in [0.5, 0.6) is 0 Å². The maximum absolute atomic E-state index is 3.36. The lowest BCUT2D eigenvalue weighted by molar-refractivity contribution is 0.161. The van der Waals surface area contributed by atoms with Crippen molar-refractivity contribution in [2.24, 2.45) is 0 Å². The molecule has 3 rings (SSSR count). The summed E-state index contributed by atoms with van der Waals surface area (Å²) in [4.78, 5) is 2.76. The minimum atomic E-state index is 0.677. The number of aryl methyl sites for hydroxylation is 1. The van der Waals surface area contributed by atoms with Crippen LogP contribution in [0.4, 0.5) is 0 Å². The predicted molar refractivity (Wildman–Crippen MR) is 75.8 cm³/mol. The van der Waals surface area contributed by atoms with Crippen LogP contribution in [0.15, 0.2) is 24.3 Å². The van der Waals surface area contributed by atoms with E-state index in [1.165, 1.54) is 38.6 Å². The number of hydrogen-bond donors (Lipinski definition) is 1. The van der Waals surface area contributed by atoms with Gasteiger partial charge in [0.1, 0.15) is 0 Å². The summed E-state index contributed by atoms with van der Waals surface area (Å²) in [5, 5.41) is 3.36. The molecule has 0 amide bonds. The molecule has 0 saturated carbocycles. The van der Waals surface area contributed by atoms with E-state index >= 15 is 0 Å². The number of benzene rings is 1. The average Bonchev–Trinajstić information content (AvgIpc) is 2.87. The molecule has 1 heterocycles. The zero-order valence-electron chi connectivity index (χ0n) is 11.4. The Bertz CT molecular complexity index is 402. The highest BCUT2D eigenvalue weighted by Crippen LogP contribution is 2.37. The molecule has 2 unspecified atom stereocenters. The minimum absolute atomic E-state index is 0.677. The summed E-state index contributed by atoms with van der Waals surface area (Å²) in [5.41, 5.74) is 3.19. The number of hydrogen-bond acceptors (Lipinski definition) is 2. The topological polar surface area (TPSA) is 15.3 Å². The molecule has 2 heteroatoms. The number of nitrogens with one attached hydrogen (secondary N) is 1. The molecular weight excluding hydrogens is 220 g/mol. The van der Waals surface area contributed by atoms with Crippen molar-refractivity contribution in [3.63, 3.8) is 0 Å². The maximum atomic E-state index is 3.36. The van der Waals surface area contributed by atoms with Crippen LogP contribution in [0.25, 0.3) is 0 Å². The Morgan fingerprint density at radius 3 is 3.00 bits per heavy atom. The van der Waals surface area contributed by atoms with Crippen LogP contribution >= 0.6 is 0 Å². The fourth-order valence-corrected chi connectivity index (χ4v) is 3.80. The summed E-state index contributed by atoms with van der Waals surface area (Å²) < 4.78 is 0. The smallest absolute Gasteiger partial charge is 0.0354 e. The Labute approximate surface area is 110 Å². The largest absolute Gasteiger partial charge is 0.318 e. The Hall–Kier alpha value is -0.860. The van der Waals surface area contributed by atoms with E-state index in [9.17, 15) is 0 Å². The quantitative estimate of drug-likeness (QED) is 0.879. The summed E-state index contributed by atoms with van der Waals surface area (Å²) in [6.07, 6.45) is 6.70. The normalized spacial score (nSPS) is 28.3. The fraction of sp³-hybridized carbons (Fsp3) is 0.625. The highest BCUT2D eigenvalue weighted by atomic mass is 15.2. The van der Waals surface area contributed by atoms with E-state index in [2.05, 4.69) is 41.5 Å². The summed E-state index contributed by atoms with van der Waals surface area (Å²) >= 11 is 0. The molecule has 1 saturated heterocycles. The Balaban J connectivity index is 1.84. The van der Waals surface area contributed by atoms with E-state index in [1.807, 2.05) is 0 Å². The first-order valence-electron chi connectivity index (χ1n) is 7.38. The molecule has 0 radical (unpaired) electrons. The van der Waals surface area contributed by atoms with Gasteiger partial charge in [-0.3, -0.25) is 4.90 Å². The third-order valence-electron chi connectivity index (χ3n) is 4.60. The van der Waals surface area contributed by atoms with E-state index < -0.39 is 0 Å². The van der Waals surface area contributed by atoms with Gasteiger partial charge in [-0.25, -0.2) is 0 Å². The third-order valence-corrected chi connectivity index (χ3v) is 4.60. The monoisotopic (exact) mass is 244 g/mol. The molecule has 0 spiro atoms. The van der Waals surface area contributed by atoms with Gasteiger partial charge in [0.15, 0.2) is 0 Å².